The Balaban J connectivity index is 1.53. The van der Waals surface area contributed by atoms with Crippen molar-refractivity contribution >= 4 is 6.09 Å². The van der Waals surface area contributed by atoms with Crippen molar-refractivity contribution in [2.45, 2.75) is 58.0 Å². The standard InChI is InChI=1S/C20H29NO3/c1-19(2,3)24-18(22)21-12-9-15(13-21)14-23-17-8-6-5-7-16(17)20(4)10-11-20/h5-8,15H,9-14H2,1-4H3/t15-/m0/s1. The van der Waals surface area contributed by atoms with Crippen molar-refractivity contribution in [1.82, 2.24) is 4.90 Å². The zero-order valence-corrected chi connectivity index (χ0v) is 15.3. The van der Waals surface area contributed by atoms with Gasteiger partial charge in [-0.25, -0.2) is 4.79 Å². The highest BCUT2D eigenvalue weighted by atomic mass is 16.6. The maximum absolute atomic E-state index is 12.1. The number of carbonyl (C=O) groups is 1. The molecular formula is C20H29NO3. The number of para-hydroxylation sites is 1. The van der Waals surface area contributed by atoms with Gasteiger partial charge in [0.2, 0.25) is 0 Å². The topological polar surface area (TPSA) is 38.8 Å². The molecule has 1 saturated heterocycles. The molecule has 0 radical (unpaired) electrons. The minimum atomic E-state index is -0.440. The van der Waals surface area contributed by atoms with Crippen LogP contribution in [0.5, 0.6) is 5.75 Å². The second-order valence-electron chi connectivity index (χ2n) is 8.45. The van der Waals surface area contributed by atoms with Crippen LogP contribution in [0.4, 0.5) is 4.79 Å². The first-order valence-corrected chi connectivity index (χ1v) is 8.97. The first-order chi connectivity index (χ1) is 11.3. The third kappa shape index (κ3) is 4.03. The van der Waals surface area contributed by atoms with Gasteiger partial charge in [-0.05, 0) is 51.5 Å². The molecule has 132 valence electrons. The van der Waals surface area contributed by atoms with Gasteiger partial charge in [0.15, 0.2) is 0 Å². The summed E-state index contributed by atoms with van der Waals surface area (Å²) in [6.45, 7) is 10.1. The SMILES string of the molecule is CC(C)(C)OC(=O)N1CC[C@H](COc2ccccc2C2(C)CC2)C1. The van der Waals surface area contributed by atoms with Crippen LogP contribution in [-0.4, -0.2) is 36.3 Å². The van der Waals surface area contributed by atoms with Crippen LogP contribution in [0.3, 0.4) is 0 Å². The number of amides is 1. The van der Waals surface area contributed by atoms with Crippen LogP contribution in [0, 0.1) is 5.92 Å². The molecular weight excluding hydrogens is 302 g/mol. The normalized spacial score (nSPS) is 22.3. The van der Waals surface area contributed by atoms with E-state index < -0.39 is 5.60 Å². The van der Waals surface area contributed by atoms with Crippen molar-refractivity contribution in [2.75, 3.05) is 19.7 Å². The lowest BCUT2D eigenvalue weighted by molar-refractivity contribution is 0.0284. The van der Waals surface area contributed by atoms with Gasteiger partial charge in [0, 0.05) is 24.6 Å². The van der Waals surface area contributed by atoms with Crippen molar-refractivity contribution in [2.24, 2.45) is 5.92 Å². The second kappa shape index (κ2) is 6.30. The highest BCUT2D eigenvalue weighted by molar-refractivity contribution is 5.68. The maximum Gasteiger partial charge on any atom is 0.410 e. The number of likely N-dealkylation sites (tertiary alicyclic amines) is 1. The zero-order chi connectivity index (χ0) is 17.4. The summed E-state index contributed by atoms with van der Waals surface area (Å²) < 4.78 is 11.6. The van der Waals surface area contributed by atoms with Crippen LogP contribution in [0.1, 0.15) is 52.5 Å². The highest BCUT2D eigenvalue weighted by Gasteiger charge is 2.41. The number of nitrogens with zero attached hydrogens (tertiary/aromatic N) is 1. The van der Waals surface area contributed by atoms with Crippen molar-refractivity contribution in [1.29, 1.82) is 0 Å². The Bertz CT molecular complexity index is 601. The van der Waals surface area contributed by atoms with E-state index in [-0.39, 0.29) is 6.09 Å². The summed E-state index contributed by atoms with van der Waals surface area (Å²) in [6, 6.07) is 8.38. The van der Waals surface area contributed by atoms with Crippen LogP contribution >= 0.6 is 0 Å². The summed E-state index contributed by atoms with van der Waals surface area (Å²) in [5, 5.41) is 0. The molecule has 0 bridgehead atoms. The van der Waals surface area contributed by atoms with E-state index in [9.17, 15) is 4.79 Å². The first kappa shape index (κ1) is 17.1. The molecule has 4 heteroatoms. The lowest BCUT2D eigenvalue weighted by Crippen LogP contribution is -2.35. The average molecular weight is 331 g/mol. The fourth-order valence-corrected chi connectivity index (χ4v) is 3.22. The van der Waals surface area contributed by atoms with Gasteiger partial charge >= 0.3 is 6.09 Å². The van der Waals surface area contributed by atoms with Crippen molar-refractivity contribution in [3.8, 4) is 5.75 Å². The van der Waals surface area contributed by atoms with Crippen LogP contribution < -0.4 is 4.74 Å². The van der Waals surface area contributed by atoms with Crippen LogP contribution in [-0.2, 0) is 10.2 Å². The molecule has 4 nitrogen and oxygen atoms in total. The van der Waals surface area contributed by atoms with Crippen molar-refractivity contribution in [3.05, 3.63) is 29.8 Å². The summed E-state index contributed by atoms with van der Waals surface area (Å²) in [7, 11) is 0. The van der Waals surface area contributed by atoms with E-state index >= 15 is 0 Å². The Labute approximate surface area is 145 Å². The van der Waals surface area contributed by atoms with Gasteiger partial charge in [-0.2, -0.15) is 0 Å². The molecule has 0 spiro atoms. The Morgan fingerprint density at radius 2 is 2.00 bits per heavy atom. The lowest BCUT2D eigenvalue weighted by Gasteiger charge is -2.24. The summed E-state index contributed by atoms with van der Waals surface area (Å²) in [5.74, 6) is 1.38. The van der Waals surface area contributed by atoms with E-state index in [0.717, 1.165) is 18.7 Å². The number of ether oxygens (including phenoxy) is 2. The molecule has 0 aromatic heterocycles. The summed E-state index contributed by atoms with van der Waals surface area (Å²) >= 11 is 0. The quantitative estimate of drug-likeness (QED) is 0.822. The largest absolute Gasteiger partial charge is 0.493 e. The molecule has 1 saturated carbocycles. The molecule has 1 heterocycles. The van der Waals surface area contributed by atoms with E-state index in [0.29, 0.717) is 24.5 Å². The number of hydrogen-bond acceptors (Lipinski definition) is 3. The predicted octanol–water partition coefficient (Wildman–Crippen LogP) is 4.37. The molecule has 24 heavy (non-hydrogen) atoms. The first-order valence-electron chi connectivity index (χ1n) is 8.97. The van der Waals surface area contributed by atoms with Crippen LogP contribution in [0.25, 0.3) is 0 Å². The molecule has 1 amide bonds. The van der Waals surface area contributed by atoms with Gasteiger partial charge in [0.05, 0.1) is 6.61 Å². The number of carbonyl (C=O) groups excluding carboxylic acids is 1. The molecule has 1 aromatic carbocycles. The average Bonchev–Trinajstić information content (AvgIpc) is 3.08. The van der Waals surface area contributed by atoms with Crippen molar-refractivity contribution < 1.29 is 14.3 Å². The Morgan fingerprint density at radius 1 is 1.29 bits per heavy atom. The van der Waals surface area contributed by atoms with E-state index in [1.165, 1.54) is 18.4 Å². The highest BCUT2D eigenvalue weighted by Crippen LogP contribution is 2.50. The lowest BCUT2D eigenvalue weighted by atomic mass is 9.97. The van der Waals surface area contributed by atoms with Gasteiger partial charge in [-0.15, -0.1) is 0 Å². The van der Waals surface area contributed by atoms with Crippen LogP contribution in [0.15, 0.2) is 24.3 Å². The third-order valence-corrected chi connectivity index (χ3v) is 4.95. The number of rotatable bonds is 4. The Morgan fingerprint density at radius 3 is 2.67 bits per heavy atom. The summed E-state index contributed by atoms with van der Waals surface area (Å²) in [5.41, 5.74) is 1.19. The van der Waals surface area contributed by atoms with E-state index in [1.54, 1.807) is 4.90 Å². The zero-order valence-electron chi connectivity index (χ0n) is 15.3. The molecule has 1 aliphatic heterocycles. The predicted molar refractivity (Wildman–Crippen MR) is 94.4 cm³/mol. The fourth-order valence-electron chi connectivity index (χ4n) is 3.22. The Hall–Kier alpha value is -1.71. The number of benzene rings is 1. The van der Waals surface area contributed by atoms with Gasteiger partial charge in [0.25, 0.3) is 0 Å². The maximum atomic E-state index is 12.1. The Kier molecular flexibility index (Phi) is 4.50. The summed E-state index contributed by atoms with van der Waals surface area (Å²) in [4.78, 5) is 13.9. The molecule has 0 N–H and O–H groups in total. The molecule has 2 fully saturated rings. The third-order valence-electron chi connectivity index (χ3n) is 4.95. The molecule has 1 aromatic rings. The molecule has 2 aliphatic rings. The van der Waals surface area contributed by atoms with Gasteiger partial charge in [-0.3, -0.25) is 0 Å². The van der Waals surface area contributed by atoms with Crippen LogP contribution in [0.2, 0.25) is 0 Å². The monoisotopic (exact) mass is 331 g/mol. The minimum absolute atomic E-state index is 0.212. The van der Waals surface area contributed by atoms with Gasteiger partial charge in [-0.1, -0.05) is 25.1 Å². The molecule has 1 aliphatic carbocycles. The fraction of sp³-hybridized carbons (Fsp3) is 0.650. The van der Waals surface area contributed by atoms with E-state index in [4.69, 9.17) is 9.47 Å². The van der Waals surface area contributed by atoms with Gasteiger partial charge < -0.3 is 14.4 Å². The van der Waals surface area contributed by atoms with E-state index in [1.807, 2.05) is 26.8 Å². The van der Waals surface area contributed by atoms with Gasteiger partial charge in [0.1, 0.15) is 11.4 Å². The van der Waals surface area contributed by atoms with Crippen molar-refractivity contribution in [3.63, 3.8) is 0 Å². The minimum Gasteiger partial charge on any atom is -0.493 e. The molecule has 0 unspecified atom stereocenters. The molecule has 3 rings (SSSR count). The smallest absolute Gasteiger partial charge is 0.410 e. The second-order valence-corrected chi connectivity index (χ2v) is 8.45. The molecule has 1 atom stereocenters. The van der Waals surface area contributed by atoms with E-state index in [2.05, 4.69) is 25.1 Å². The number of hydrogen-bond donors (Lipinski definition) is 0. The summed E-state index contributed by atoms with van der Waals surface area (Å²) in [6.07, 6.45) is 3.24.